The predicted octanol–water partition coefficient (Wildman–Crippen LogP) is 2.10. The standard InChI is InChI=1S/C16H24N2O/c1-17-10-7-16(8-11-17)15-12-14(19-3)5-4-13(15)6-9-18(16)2/h4-5,12H,6-11H2,1-3H3. The molecule has 0 bridgehead atoms. The van der Waals surface area contributed by atoms with Crippen molar-refractivity contribution < 1.29 is 4.74 Å². The molecule has 0 unspecified atom stereocenters. The highest BCUT2D eigenvalue weighted by molar-refractivity contribution is 5.42. The van der Waals surface area contributed by atoms with Crippen LogP contribution in [0.25, 0.3) is 0 Å². The van der Waals surface area contributed by atoms with Crippen molar-refractivity contribution >= 4 is 0 Å². The number of likely N-dealkylation sites (N-methyl/N-ethyl adjacent to an activating group) is 1. The van der Waals surface area contributed by atoms with Gasteiger partial charge in [0.2, 0.25) is 0 Å². The summed E-state index contributed by atoms with van der Waals surface area (Å²) in [5.74, 6) is 0.993. The Hall–Kier alpha value is -1.06. The molecule has 3 heteroatoms. The first kappa shape index (κ1) is 12.9. The van der Waals surface area contributed by atoms with Crippen molar-refractivity contribution in [3.8, 4) is 5.75 Å². The lowest BCUT2D eigenvalue weighted by molar-refractivity contribution is 0.0358. The van der Waals surface area contributed by atoms with Crippen LogP contribution in [0.3, 0.4) is 0 Å². The molecule has 2 aliphatic heterocycles. The normalized spacial score (nSPS) is 23.3. The highest BCUT2D eigenvalue weighted by Crippen LogP contribution is 2.43. The molecule has 1 spiro atoms. The average Bonchev–Trinajstić information content (AvgIpc) is 2.45. The van der Waals surface area contributed by atoms with E-state index in [9.17, 15) is 0 Å². The summed E-state index contributed by atoms with van der Waals surface area (Å²) in [5.41, 5.74) is 3.26. The van der Waals surface area contributed by atoms with Crippen LogP contribution in [0.15, 0.2) is 18.2 Å². The maximum atomic E-state index is 5.44. The van der Waals surface area contributed by atoms with Crippen LogP contribution in [0.2, 0.25) is 0 Å². The number of hydrogen-bond acceptors (Lipinski definition) is 3. The molecule has 104 valence electrons. The quantitative estimate of drug-likeness (QED) is 0.769. The molecular formula is C16H24N2O. The van der Waals surface area contributed by atoms with Crippen molar-refractivity contribution in [1.82, 2.24) is 9.80 Å². The highest BCUT2D eigenvalue weighted by atomic mass is 16.5. The van der Waals surface area contributed by atoms with Crippen LogP contribution in [0, 0.1) is 0 Å². The number of fused-ring (bicyclic) bond motifs is 2. The SMILES string of the molecule is COc1ccc2c(c1)C1(CCN(C)CC1)N(C)CC2. The second-order valence-electron chi connectivity index (χ2n) is 6.03. The molecule has 2 aliphatic rings. The van der Waals surface area contributed by atoms with E-state index in [2.05, 4.69) is 42.1 Å². The number of likely N-dealkylation sites (tertiary alicyclic amines) is 1. The number of hydrogen-bond donors (Lipinski definition) is 0. The van der Waals surface area contributed by atoms with Crippen LogP contribution in [0.1, 0.15) is 24.0 Å². The Morgan fingerprint density at radius 3 is 2.53 bits per heavy atom. The van der Waals surface area contributed by atoms with Gasteiger partial charge >= 0.3 is 0 Å². The number of piperidine rings is 1. The van der Waals surface area contributed by atoms with Gasteiger partial charge in [0.25, 0.3) is 0 Å². The lowest BCUT2D eigenvalue weighted by atomic mass is 9.74. The summed E-state index contributed by atoms with van der Waals surface area (Å²) in [7, 11) is 6.27. The second-order valence-corrected chi connectivity index (χ2v) is 6.03. The van der Waals surface area contributed by atoms with E-state index < -0.39 is 0 Å². The van der Waals surface area contributed by atoms with E-state index >= 15 is 0 Å². The van der Waals surface area contributed by atoms with Crippen LogP contribution >= 0.6 is 0 Å². The molecule has 1 saturated heterocycles. The topological polar surface area (TPSA) is 15.7 Å². The molecule has 19 heavy (non-hydrogen) atoms. The van der Waals surface area contributed by atoms with Crippen molar-refractivity contribution in [3.63, 3.8) is 0 Å². The molecule has 3 rings (SSSR count). The Morgan fingerprint density at radius 2 is 1.84 bits per heavy atom. The fourth-order valence-electron chi connectivity index (χ4n) is 3.68. The maximum absolute atomic E-state index is 5.44. The molecule has 0 aliphatic carbocycles. The Morgan fingerprint density at radius 1 is 1.11 bits per heavy atom. The highest BCUT2D eigenvalue weighted by Gasteiger charge is 2.42. The number of nitrogens with zero attached hydrogens (tertiary/aromatic N) is 2. The maximum Gasteiger partial charge on any atom is 0.119 e. The van der Waals surface area contributed by atoms with Crippen LogP contribution < -0.4 is 4.74 Å². The first-order valence-corrected chi connectivity index (χ1v) is 7.23. The van der Waals surface area contributed by atoms with E-state index in [0.717, 1.165) is 12.2 Å². The van der Waals surface area contributed by atoms with Crippen molar-refractivity contribution in [1.29, 1.82) is 0 Å². The smallest absolute Gasteiger partial charge is 0.119 e. The summed E-state index contributed by atoms with van der Waals surface area (Å²) in [5, 5.41) is 0. The van der Waals surface area contributed by atoms with Gasteiger partial charge in [0, 0.05) is 12.1 Å². The summed E-state index contributed by atoms with van der Waals surface area (Å²) in [6.45, 7) is 3.53. The largest absolute Gasteiger partial charge is 0.497 e. The molecule has 0 radical (unpaired) electrons. The van der Waals surface area contributed by atoms with Crippen molar-refractivity contribution in [2.24, 2.45) is 0 Å². The van der Waals surface area contributed by atoms with E-state index in [-0.39, 0.29) is 5.54 Å². The monoisotopic (exact) mass is 260 g/mol. The van der Waals surface area contributed by atoms with Gasteiger partial charge < -0.3 is 9.64 Å². The first-order valence-electron chi connectivity index (χ1n) is 7.23. The number of benzene rings is 1. The second kappa shape index (κ2) is 4.80. The Kier molecular flexibility index (Phi) is 3.27. The van der Waals surface area contributed by atoms with Crippen molar-refractivity contribution in [2.45, 2.75) is 24.8 Å². The van der Waals surface area contributed by atoms with E-state index in [1.807, 2.05) is 0 Å². The molecule has 0 atom stereocenters. The van der Waals surface area contributed by atoms with Gasteiger partial charge in [-0.1, -0.05) is 6.07 Å². The zero-order chi connectivity index (χ0) is 13.5. The zero-order valence-electron chi connectivity index (χ0n) is 12.3. The predicted molar refractivity (Wildman–Crippen MR) is 77.7 cm³/mol. The molecule has 0 N–H and O–H groups in total. The third kappa shape index (κ3) is 2.05. The fraction of sp³-hybridized carbons (Fsp3) is 0.625. The van der Waals surface area contributed by atoms with Crippen molar-refractivity contribution in [3.05, 3.63) is 29.3 Å². The van der Waals surface area contributed by atoms with Gasteiger partial charge in [-0.15, -0.1) is 0 Å². The van der Waals surface area contributed by atoms with Gasteiger partial charge in [0.1, 0.15) is 5.75 Å². The Bertz CT molecular complexity index is 464. The third-order valence-electron chi connectivity index (χ3n) is 5.08. The Labute approximate surface area is 116 Å². The summed E-state index contributed by atoms with van der Waals surface area (Å²) in [6.07, 6.45) is 3.60. The van der Waals surface area contributed by atoms with Gasteiger partial charge in [0.15, 0.2) is 0 Å². The van der Waals surface area contributed by atoms with E-state index in [4.69, 9.17) is 4.74 Å². The van der Waals surface area contributed by atoms with Gasteiger partial charge in [-0.05, 0) is 69.7 Å². The molecule has 0 aromatic heterocycles. The zero-order valence-corrected chi connectivity index (χ0v) is 12.3. The van der Waals surface area contributed by atoms with Crippen LogP contribution in [0.4, 0.5) is 0 Å². The van der Waals surface area contributed by atoms with Gasteiger partial charge in [0.05, 0.1) is 7.11 Å². The van der Waals surface area contributed by atoms with Crippen LogP contribution in [-0.4, -0.2) is 50.6 Å². The van der Waals surface area contributed by atoms with Gasteiger partial charge in [-0.25, -0.2) is 0 Å². The average molecular weight is 260 g/mol. The summed E-state index contributed by atoms with van der Waals surface area (Å²) in [6, 6.07) is 6.64. The molecule has 1 aromatic rings. The van der Waals surface area contributed by atoms with Crippen LogP contribution in [0.5, 0.6) is 5.75 Å². The lowest BCUT2D eigenvalue weighted by Crippen LogP contribution is -2.54. The number of rotatable bonds is 1. The van der Waals surface area contributed by atoms with Crippen molar-refractivity contribution in [2.75, 3.05) is 40.8 Å². The van der Waals surface area contributed by atoms with Gasteiger partial charge in [-0.2, -0.15) is 0 Å². The minimum atomic E-state index is 0.231. The fourth-order valence-corrected chi connectivity index (χ4v) is 3.68. The summed E-state index contributed by atoms with van der Waals surface area (Å²) < 4.78 is 5.44. The molecule has 1 fully saturated rings. The minimum absolute atomic E-state index is 0.231. The molecule has 0 saturated carbocycles. The summed E-state index contributed by atoms with van der Waals surface area (Å²) >= 11 is 0. The molecule has 3 nitrogen and oxygen atoms in total. The van der Waals surface area contributed by atoms with Crippen LogP contribution in [-0.2, 0) is 12.0 Å². The molecule has 2 heterocycles. The first-order chi connectivity index (χ1) is 9.15. The lowest BCUT2D eigenvalue weighted by Gasteiger charge is -2.50. The van der Waals surface area contributed by atoms with E-state index in [1.54, 1.807) is 7.11 Å². The molecular weight excluding hydrogens is 236 g/mol. The minimum Gasteiger partial charge on any atom is -0.497 e. The number of methoxy groups -OCH3 is 1. The third-order valence-corrected chi connectivity index (χ3v) is 5.08. The van der Waals surface area contributed by atoms with Gasteiger partial charge in [-0.3, -0.25) is 4.90 Å². The number of ether oxygens (including phenoxy) is 1. The molecule has 1 aromatic carbocycles. The summed E-state index contributed by atoms with van der Waals surface area (Å²) in [4.78, 5) is 5.01. The molecule has 0 amide bonds. The Balaban J connectivity index is 2.05. The van der Waals surface area contributed by atoms with E-state index in [0.29, 0.717) is 0 Å². The van der Waals surface area contributed by atoms with E-state index in [1.165, 1.54) is 43.6 Å².